The Morgan fingerprint density at radius 2 is 2.08 bits per heavy atom. The fourth-order valence-electron chi connectivity index (χ4n) is 1.27. The van der Waals surface area contributed by atoms with Crippen molar-refractivity contribution < 1.29 is 17.9 Å². The summed E-state index contributed by atoms with van der Waals surface area (Å²) in [4.78, 5) is 10.9. The maximum absolute atomic E-state index is 11.0. The molecule has 0 bridgehead atoms. The summed E-state index contributed by atoms with van der Waals surface area (Å²) < 4.78 is 26.4. The van der Waals surface area contributed by atoms with Crippen LogP contribution < -0.4 is 5.73 Å². The lowest BCUT2D eigenvalue weighted by atomic mass is 10.1. The predicted molar refractivity (Wildman–Crippen MR) is 42.1 cm³/mol. The SMILES string of the molecule is COC(=O)[C@H]1CS(=O)(=O)C[C@@H]1N. The van der Waals surface area contributed by atoms with Crippen molar-refractivity contribution in [1.29, 1.82) is 0 Å². The average Bonchev–Trinajstić information content (AvgIpc) is 2.23. The zero-order chi connectivity index (χ0) is 9.35. The molecule has 0 aromatic rings. The van der Waals surface area contributed by atoms with E-state index in [1.165, 1.54) is 7.11 Å². The maximum Gasteiger partial charge on any atom is 0.311 e. The molecule has 0 aliphatic carbocycles. The second-order valence-corrected chi connectivity index (χ2v) is 5.02. The van der Waals surface area contributed by atoms with Gasteiger partial charge in [0, 0.05) is 6.04 Å². The number of hydrogen-bond donors (Lipinski definition) is 1. The van der Waals surface area contributed by atoms with E-state index in [4.69, 9.17) is 5.73 Å². The van der Waals surface area contributed by atoms with Gasteiger partial charge in [0.15, 0.2) is 9.84 Å². The van der Waals surface area contributed by atoms with E-state index in [2.05, 4.69) is 4.74 Å². The van der Waals surface area contributed by atoms with Crippen molar-refractivity contribution >= 4 is 15.8 Å². The van der Waals surface area contributed by atoms with Crippen LogP contribution in [-0.2, 0) is 19.4 Å². The van der Waals surface area contributed by atoms with E-state index in [0.717, 1.165) is 0 Å². The molecule has 70 valence electrons. The summed E-state index contributed by atoms with van der Waals surface area (Å²) in [6.07, 6.45) is 0. The Morgan fingerprint density at radius 3 is 2.42 bits per heavy atom. The van der Waals surface area contributed by atoms with Crippen LogP contribution in [0.25, 0.3) is 0 Å². The number of methoxy groups -OCH3 is 1. The molecule has 1 saturated heterocycles. The van der Waals surface area contributed by atoms with Crippen molar-refractivity contribution in [3.8, 4) is 0 Å². The van der Waals surface area contributed by atoms with E-state index in [9.17, 15) is 13.2 Å². The van der Waals surface area contributed by atoms with Crippen molar-refractivity contribution in [3.05, 3.63) is 0 Å². The molecule has 1 fully saturated rings. The predicted octanol–water partition coefficient (Wildman–Crippen LogP) is -1.47. The zero-order valence-electron chi connectivity index (χ0n) is 6.69. The van der Waals surface area contributed by atoms with Crippen molar-refractivity contribution in [3.63, 3.8) is 0 Å². The highest BCUT2D eigenvalue weighted by molar-refractivity contribution is 7.91. The summed E-state index contributed by atoms with van der Waals surface area (Å²) in [5.41, 5.74) is 5.45. The van der Waals surface area contributed by atoms with E-state index in [0.29, 0.717) is 0 Å². The second-order valence-electron chi connectivity index (χ2n) is 2.87. The molecule has 0 radical (unpaired) electrons. The van der Waals surface area contributed by atoms with Crippen LogP contribution in [0.3, 0.4) is 0 Å². The number of hydrogen-bond acceptors (Lipinski definition) is 5. The highest BCUT2D eigenvalue weighted by Crippen LogP contribution is 2.18. The van der Waals surface area contributed by atoms with E-state index >= 15 is 0 Å². The van der Waals surface area contributed by atoms with Crippen LogP contribution in [-0.4, -0.2) is 39.0 Å². The quantitative estimate of drug-likeness (QED) is 0.514. The summed E-state index contributed by atoms with van der Waals surface area (Å²) in [5.74, 6) is -1.52. The Hall–Kier alpha value is -0.620. The largest absolute Gasteiger partial charge is 0.469 e. The Bertz CT molecular complexity index is 284. The van der Waals surface area contributed by atoms with Gasteiger partial charge in [-0.15, -0.1) is 0 Å². The topological polar surface area (TPSA) is 86.5 Å². The lowest BCUT2D eigenvalue weighted by Crippen LogP contribution is -2.34. The molecule has 1 aliphatic rings. The van der Waals surface area contributed by atoms with Crippen LogP contribution in [0.4, 0.5) is 0 Å². The first kappa shape index (κ1) is 9.47. The third-order valence-corrected chi connectivity index (χ3v) is 3.66. The number of esters is 1. The highest BCUT2D eigenvalue weighted by atomic mass is 32.2. The molecule has 1 rings (SSSR count). The number of carbonyl (C=O) groups is 1. The van der Waals surface area contributed by atoms with Gasteiger partial charge >= 0.3 is 5.97 Å². The van der Waals surface area contributed by atoms with Gasteiger partial charge in [-0.2, -0.15) is 0 Å². The van der Waals surface area contributed by atoms with E-state index < -0.39 is 27.8 Å². The van der Waals surface area contributed by atoms with Gasteiger partial charge in [-0.05, 0) is 0 Å². The molecule has 1 heterocycles. The molecule has 0 saturated carbocycles. The van der Waals surface area contributed by atoms with Gasteiger partial charge in [0.2, 0.25) is 0 Å². The molecule has 2 N–H and O–H groups in total. The molecule has 6 heteroatoms. The van der Waals surface area contributed by atoms with Gasteiger partial charge < -0.3 is 10.5 Å². The normalized spacial score (nSPS) is 33.2. The van der Waals surface area contributed by atoms with Gasteiger partial charge in [0.25, 0.3) is 0 Å². The van der Waals surface area contributed by atoms with Crippen molar-refractivity contribution in [2.75, 3.05) is 18.6 Å². The highest BCUT2D eigenvalue weighted by Gasteiger charge is 2.40. The lowest BCUT2D eigenvalue weighted by Gasteiger charge is -2.09. The van der Waals surface area contributed by atoms with E-state index in [1.807, 2.05) is 0 Å². The zero-order valence-corrected chi connectivity index (χ0v) is 7.50. The second kappa shape index (κ2) is 3.02. The summed E-state index contributed by atoms with van der Waals surface area (Å²) >= 11 is 0. The van der Waals surface area contributed by atoms with Crippen LogP contribution in [0.5, 0.6) is 0 Å². The Balaban J connectivity index is 2.77. The van der Waals surface area contributed by atoms with Crippen LogP contribution in [0.2, 0.25) is 0 Å². The number of sulfone groups is 1. The molecule has 0 amide bonds. The van der Waals surface area contributed by atoms with Crippen LogP contribution in [0, 0.1) is 5.92 Å². The van der Waals surface area contributed by atoms with Gasteiger partial charge in [-0.3, -0.25) is 4.79 Å². The van der Waals surface area contributed by atoms with E-state index in [-0.39, 0.29) is 11.5 Å². The third-order valence-electron chi connectivity index (χ3n) is 1.90. The molecule has 0 aromatic carbocycles. The first-order chi connectivity index (χ1) is 5.46. The Morgan fingerprint density at radius 1 is 1.50 bits per heavy atom. The van der Waals surface area contributed by atoms with Crippen molar-refractivity contribution in [1.82, 2.24) is 0 Å². The van der Waals surface area contributed by atoms with Crippen LogP contribution in [0.15, 0.2) is 0 Å². The van der Waals surface area contributed by atoms with Gasteiger partial charge in [0.1, 0.15) is 0 Å². The molecule has 2 atom stereocenters. The molecule has 0 unspecified atom stereocenters. The molecule has 5 nitrogen and oxygen atoms in total. The molecular weight excluding hydrogens is 182 g/mol. The smallest absolute Gasteiger partial charge is 0.311 e. The van der Waals surface area contributed by atoms with Gasteiger partial charge in [-0.25, -0.2) is 8.42 Å². The first-order valence-electron chi connectivity index (χ1n) is 3.50. The Kier molecular flexibility index (Phi) is 2.39. The summed E-state index contributed by atoms with van der Waals surface area (Å²) in [6, 6.07) is -0.609. The summed E-state index contributed by atoms with van der Waals surface area (Å²) in [5, 5.41) is 0. The minimum Gasteiger partial charge on any atom is -0.469 e. The number of nitrogens with two attached hydrogens (primary N) is 1. The fourth-order valence-corrected chi connectivity index (χ4v) is 3.15. The monoisotopic (exact) mass is 193 g/mol. The Labute approximate surface area is 70.8 Å². The molecule has 0 spiro atoms. The number of ether oxygens (including phenoxy) is 1. The minimum absolute atomic E-state index is 0.118. The van der Waals surface area contributed by atoms with Crippen LogP contribution in [0.1, 0.15) is 0 Å². The minimum atomic E-state index is -3.13. The van der Waals surface area contributed by atoms with Gasteiger partial charge in [0.05, 0.1) is 24.5 Å². The third kappa shape index (κ3) is 1.75. The lowest BCUT2D eigenvalue weighted by molar-refractivity contribution is -0.144. The van der Waals surface area contributed by atoms with Crippen LogP contribution >= 0.6 is 0 Å². The molecular formula is C6H11NO4S. The molecule has 1 aliphatic heterocycles. The van der Waals surface area contributed by atoms with Crippen molar-refractivity contribution in [2.24, 2.45) is 11.7 Å². The van der Waals surface area contributed by atoms with E-state index in [1.54, 1.807) is 0 Å². The summed E-state index contributed by atoms with van der Waals surface area (Å²) in [6.45, 7) is 0. The summed E-state index contributed by atoms with van der Waals surface area (Å²) in [7, 11) is -1.90. The molecule has 0 aromatic heterocycles. The maximum atomic E-state index is 11.0. The number of carbonyl (C=O) groups excluding carboxylic acids is 1. The standard InChI is InChI=1S/C6H11NO4S/c1-11-6(8)4-2-12(9,10)3-5(4)7/h4-5H,2-3,7H2,1H3/t4-,5-/m0/s1. The first-order valence-corrected chi connectivity index (χ1v) is 5.32. The average molecular weight is 193 g/mol. The number of rotatable bonds is 1. The van der Waals surface area contributed by atoms with Gasteiger partial charge in [-0.1, -0.05) is 0 Å². The van der Waals surface area contributed by atoms with Crippen molar-refractivity contribution in [2.45, 2.75) is 6.04 Å². The molecule has 12 heavy (non-hydrogen) atoms. The fraction of sp³-hybridized carbons (Fsp3) is 0.833.